The van der Waals surface area contributed by atoms with Gasteiger partial charge in [-0.25, -0.2) is 13.2 Å². The number of hydrogen-bond acceptors (Lipinski definition) is 0. The summed E-state index contributed by atoms with van der Waals surface area (Å²) in [6, 6.07) is 5.60. The molecule has 0 atom stereocenters. The Kier molecular flexibility index (Phi) is 4.27. The molecular weight excluding hydrogens is 320 g/mol. The zero-order chi connectivity index (χ0) is 15.9. The van der Waals surface area contributed by atoms with Crippen molar-refractivity contribution in [1.82, 2.24) is 0 Å². The molecule has 0 heterocycles. The van der Waals surface area contributed by atoms with Crippen molar-refractivity contribution >= 4 is 23.2 Å². The third-order valence-corrected chi connectivity index (χ3v) is 4.04. The highest BCUT2D eigenvalue weighted by atomic mass is 35.5. The summed E-state index contributed by atoms with van der Waals surface area (Å²) in [5, 5.41) is -0.757. The number of halogens is 5. The Labute approximate surface area is 131 Å². The second-order valence-corrected chi connectivity index (χ2v) is 6.52. The van der Waals surface area contributed by atoms with Gasteiger partial charge in [-0.15, -0.1) is 0 Å². The summed E-state index contributed by atoms with van der Waals surface area (Å²) in [7, 11) is 0. The van der Waals surface area contributed by atoms with Crippen LogP contribution in [0.5, 0.6) is 0 Å². The van der Waals surface area contributed by atoms with E-state index in [9.17, 15) is 13.2 Å². The lowest BCUT2D eigenvalue weighted by molar-refractivity contribution is 0.509. The second-order valence-electron chi connectivity index (χ2n) is 5.77. The van der Waals surface area contributed by atoms with Gasteiger partial charge in [-0.3, -0.25) is 0 Å². The van der Waals surface area contributed by atoms with E-state index in [1.165, 1.54) is 6.07 Å². The van der Waals surface area contributed by atoms with Crippen LogP contribution in [0.15, 0.2) is 24.3 Å². The van der Waals surface area contributed by atoms with Gasteiger partial charge in [-0.05, 0) is 17.0 Å². The van der Waals surface area contributed by atoms with E-state index < -0.39 is 27.9 Å². The summed E-state index contributed by atoms with van der Waals surface area (Å²) in [5.74, 6) is -2.92. The van der Waals surface area contributed by atoms with Crippen LogP contribution in [0.3, 0.4) is 0 Å². The summed E-state index contributed by atoms with van der Waals surface area (Å²) >= 11 is 11.6. The number of hydrogen-bond donors (Lipinski definition) is 0. The van der Waals surface area contributed by atoms with E-state index >= 15 is 0 Å². The van der Waals surface area contributed by atoms with Gasteiger partial charge in [0.1, 0.15) is 5.82 Å². The van der Waals surface area contributed by atoms with E-state index in [1.54, 1.807) is 12.1 Å². The van der Waals surface area contributed by atoms with E-state index in [0.29, 0.717) is 5.56 Å². The molecule has 0 saturated carbocycles. The summed E-state index contributed by atoms with van der Waals surface area (Å²) in [5.41, 5.74) is 0.142. The largest absolute Gasteiger partial charge is 0.206 e. The van der Waals surface area contributed by atoms with Gasteiger partial charge in [0.05, 0.1) is 10.0 Å². The maximum atomic E-state index is 14.7. The highest BCUT2D eigenvalue weighted by Crippen LogP contribution is 2.39. The lowest BCUT2D eigenvalue weighted by Gasteiger charge is -2.21. The van der Waals surface area contributed by atoms with Gasteiger partial charge in [0.2, 0.25) is 0 Å². The van der Waals surface area contributed by atoms with Crippen molar-refractivity contribution in [2.75, 3.05) is 0 Å². The summed E-state index contributed by atoms with van der Waals surface area (Å²) in [6.07, 6.45) is 0. The van der Waals surface area contributed by atoms with Crippen LogP contribution in [0, 0.1) is 17.5 Å². The molecule has 0 fully saturated rings. The fraction of sp³-hybridized carbons (Fsp3) is 0.250. The molecule has 0 saturated heterocycles. The molecule has 2 rings (SSSR count). The average Bonchev–Trinajstić information content (AvgIpc) is 2.40. The van der Waals surface area contributed by atoms with Crippen molar-refractivity contribution < 1.29 is 13.2 Å². The lowest BCUT2D eigenvalue weighted by Crippen LogP contribution is -2.14. The normalized spacial score (nSPS) is 11.8. The molecule has 0 N–H and O–H groups in total. The first-order chi connectivity index (χ1) is 9.64. The van der Waals surface area contributed by atoms with E-state index in [4.69, 9.17) is 23.2 Å². The van der Waals surface area contributed by atoms with Crippen LogP contribution in [-0.4, -0.2) is 0 Å². The van der Waals surface area contributed by atoms with Gasteiger partial charge in [0.15, 0.2) is 11.6 Å². The van der Waals surface area contributed by atoms with Gasteiger partial charge >= 0.3 is 0 Å². The van der Waals surface area contributed by atoms with E-state index in [2.05, 4.69) is 0 Å². The van der Waals surface area contributed by atoms with Crippen molar-refractivity contribution in [3.8, 4) is 11.1 Å². The SMILES string of the molecule is CC(C)(C)c1cccc(-c2cc(F)c(F)c(Cl)c2Cl)c1F. The van der Waals surface area contributed by atoms with Gasteiger partial charge in [0, 0.05) is 11.1 Å². The van der Waals surface area contributed by atoms with E-state index in [-0.39, 0.29) is 16.1 Å². The summed E-state index contributed by atoms with van der Waals surface area (Å²) in [6.45, 7) is 5.57. The summed E-state index contributed by atoms with van der Waals surface area (Å²) < 4.78 is 41.6. The zero-order valence-electron chi connectivity index (χ0n) is 11.7. The Morgan fingerprint density at radius 1 is 0.857 bits per heavy atom. The van der Waals surface area contributed by atoms with Crippen molar-refractivity contribution in [3.05, 3.63) is 57.3 Å². The Bertz CT molecular complexity index is 704. The molecule has 0 radical (unpaired) electrons. The molecular formula is C16H13Cl2F3. The standard InChI is InChI=1S/C16H13Cl2F3/c1-16(2,3)10-6-4-5-8(14(10)20)9-7-11(19)15(21)13(18)12(9)17/h4-7H,1-3H3. The minimum Gasteiger partial charge on any atom is -0.206 e. The fourth-order valence-electron chi connectivity index (χ4n) is 2.09. The topological polar surface area (TPSA) is 0 Å². The third kappa shape index (κ3) is 2.90. The van der Waals surface area contributed by atoms with Crippen LogP contribution in [0.2, 0.25) is 10.0 Å². The summed E-state index contributed by atoms with van der Waals surface area (Å²) in [4.78, 5) is 0. The highest BCUT2D eigenvalue weighted by molar-refractivity contribution is 6.43. The van der Waals surface area contributed by atoms with Crippen molar-refractivity contribution in [2.24, 2.45) is 0 Å². The van der Waals surface area contributed by atoms with Crippen LogP contribution in [0.4, 0.5) is 13.2 Å². The predicted octanol–water partition coefficient (Wildman–Crippen LogP) is 6.38. The molecule has 0 amide bonds. The first kappa shape index (κ1) is 16.2. The highest BCUT2D eigenvalue weighted by Gasteiger charge is 2.24. The molecule has 0 nitrogen and oxygen atoms in total. The van der Waals surface area contributed by atoms with Crippen molar-refractivity contribution in [1.29, 1.82) is 0 Å². The molecule has 0 aromatic heterocycles. The molecule has 5 heteroatoms. The molecule has 2 aromatic carbocycles. The first-order valence-electron chi connectivity index (χ1n) is 6.27. The van der Waals surface area contributed by atoms with Crippen LogP contribution in [0.1, 0.15) is 26.3 Å². The first-order valence-corrected chi connectivity index (χ1v) is 7.02. The second kappa shape index (κ2) is 5.54. The van der Waals surface area contributed by atoms with E-state index in [0.717, 1.165) is 6.07 Å². The lowest BCUT2D eigenvalue weighted by atomic mass is 9.85. The van der Waals surface area contributed by atoms with Crippen LogP contribution in [-0.2, 0) is 5.41 Å². The van der Waals surface area contributed by atoms with Gasteiger partial charge in [0.25, 0.3) is 0 Å². The maximum absolute atomic E-state index is 14.7. The van der Waals surface area contributed by atoms with Crippen LogP contribution < -0.4 is 0 Å². The molecule has 112 valence electrons. The minimum atomic E-state index is -1.24. The maximum Gasteiger partial charge on any atom is 0.178 e. The zero-order valence-corrected chi connectivity index (χ0v) is 13.2. The molecule has 0 unspecified atom stereocenters. The van der Waals surface area contributed by atoms with Gasteiger partial charge in [-0.1, -0.05) is 62.2 Å². The third-order valence-electron chi connectivity index (χ3n) is 3.20. The van der Waals surface area contributed by atoms with Crippen molar-refractivity contribution in [3.63, 3.8) is 0 Å². The molecule has 0 aliphatic rings. The van der Waals surface area contributed by atoms with Crippen molar-refractivity contribution in [2.45, 2.75) is 26.2 Å². The Balaban J connectivity index is 2.75. The Morgan fingerprint density at radius 2 is 1.48 bits per heavy atom. The van der Waals surface area contributed by atoms with Gasteiger partial charge in [-0.2, -0.15) is 0 Å². The van der Waals surface area contributed by atoms with Gasteiger partial charge < -0.3 is 0 Å². The monoisotopic (exact) mass is 332 g/mol. The Hall–Kier alpha value is -1.19. The Morgan fingerprint density at radius 3 is 2.05 bits per heavy atom. The van der Waals surface area contributed by atoms with Crippen LogP contribution in [0.25, 0.3) is 11.1 Å². The molecule has 21 heavy (non-hydrogen) atoms. The predicted molar refractivity (Wildman–Crippen MR) is 80.5 cm³/mol. The number of benzene rings is 2. The van der Waals surface area contributed by atoms with E-state index in [1.807, 2.05) is 20.8 Å². The minimum absolute atomic E-state index is 0.0316. The molecule has 0 aliphatic heterocycles. The molecule has 2 aromatic rings. The molecule has 0 spiro atoms. The quantitative estimate of drug-likeness (QED) is 0.420. The molecule has 0 bridgehead atoms. The average molecular weight is 333 g/mol. The fourth-order valence-corrected chi connectivity index (χ4v) is 2.52. The number of rotatable bonds is 1. The molecule has 0 aliphatic carbocycles. The smallest absolute Gasteiger partial charge is 0.178 e. The van der Waals surface area contributed by atoms with Crippen LogP contribution >= 0.6 is 23.2 Å².